The van der Waals surface area contributed by atoms with Gasteiger partial charge >= 0.3 is 0 Å². The van der Waals surface area contributed by atoms with Crippen LogP contribution in [0.15, 0.2) is 24.8 Å². The van der Waals surface area contributed by atoms with Crippen LogP contribution in [-0.2, 0) is 19.3 Å². The summed E-state index contributed by atoms with van der Waals surface area (Å²) in [7, 11) is 0. The van der Waals surface area contributed by atoms with Crippen LogP contribution in [-0.4, -0.2) is 0 Å². The predicted molar refractivity (Wildman–Crippen MR) is 104 cm³/mol. The molecule has 1 aromatic carbocycles. The fourth-order valence-electron chi connectivity index (χ4n) is 3.80. The molecule has 0 atom stereocenters. The van der Waals surface area contributed by atoms with Crippen LogP contribution in [0.5, 0.6) is 0 Å². The fourth-order valence-corrected chi connectivity index (χ4v) is 5.25. The highest BCUT2D eigenvalue weighted by molar-refractivity contribution is 7.16. The van der Waals surface area contributed by atoms with Gasteiger partial charge in [0.15, 0.2) is 0 Å². The van der Waals surface area contributed by atoms with Crippen LogP contribution in [0.2, 0.25) is 0 Å². The monoisotopic (exact) mass is 324 g/mol. The van der Waals surface area contributed by atoms with Crippen LogP contribution in [0, 0.1) is 12.3 Å². The van der Waals surface area contributed by atoms with E-state index in [4.69, 9.17) is 0 Å². The molecule has 122 valence electrons. The predicted octanol–water partition coefficient (Wildman–Crippen LogP) is 6.83. The maximum absolute atomic E-state index is 4.32. The summed E-state index contributed by atoms with van der Waals surface area (Å²) in [6.07, 6.45) is 4.79. The summed E-state index contributed by atoms with van der Waals surface area (Å²) >= 11 is 2.02. The van der Waals surface area contributed by atoms with Crippen molar-refractivity contribution < 1.29 is 0 Å². The number of rotatable bonds is 3. The molecular formula is C22H28S. The van der Waals surface area contributed by atoms with Gasteiger partial charge in [-0.25, -0.2) is 0 Å². The minimum atomic E-state index is 0.413. The van der Waals surface area contributed by atoms with Gasteiger partial charge in [-0.05, 0) is 72.8 Å². The van der Waals surface area contributed by atoms with Crippen molar-refractivity contribution in [2.24, 2.45) is 5.41 Å². The van der Waals surface area contributed by atoms with E-state index in [1.54, 1.807) is 10.4 Å². The van der Waals surface area contributed by atoms with Gasteiger partial charge in [0.1, 0.15) is 0 Å². The number of fused-ring (bicyclic) bond motifs is 1. The summed E-state index contributed by atoms with van der Waals surface area (Å²) < 4.78 is 0. The highest BCUT2D eigenvalue weighted by Gasteiger charge is 2.31. The molecule has 0 bridgehead atoms. The van der Waals surface area contributed by atoms with E-state index in [1.807, 2.05) is 11.3 Å². The van der Waals surface area contributed by atoms with E-state index in [0.717, 1.165) is 6.42 Å². The van der Waals surface area contributed by atoms with Crippen molar-refractivity contribution in [3.8, 4) is 10.4 Å². The lowest BCUT2D eigenvalue weighted by molar-refractivity contribution is 0.317. The molecule has 1 aliphatic rings. The molecule has 1 aromatic heterocycles. The van der Waals surface area contributed by atoms with E-state index in [2.05, 4.69) is 59.4 Å². The molecule has 1 heteroatoms. The van der Waals surface area contributed by atoms with Crippen molar-refractivity contribution in [1.82, 2.24) is 0 Å². The van der Waals surface area contributed by atoms with E-state index < -0.39 is 0 Å². The van der Waals surface area contributed by atoms with Gasteiger partial charge < -0.3 is 0 Å². The molecule has 23 heavy (non-hydrogen) atoms. The Morgan fingerprint density at radius 2 is 2.04 bits per heavy atom. The maximum Gasteiger partial charge on any atom is 0.0426 e. The Morgan fingerprint density at radius 3 is 2.70 bits per heavy atom. The van der Waals surface area contributed by atoms with Crippen LogP contribution in [0.3, 0.4) is 0 Å². The summed E-state index contributed by atoms with van der Waals surface area (Å²) in [5.41, 5.74) is 8.89. The molecule has 0 nitrogen and oxygen atoms in total. The zero-order valence-electron chi connectivity index (χ0n) is 15.2. The molecule has 0 radical (unpaired) electrons. The number of allylic oxidation sites excluding steroid dienone is 1. The summed E-state index contributed by atoms with van der Waals surface area (Å²) in [6, 6.07) is 6.92. The van der Waals surface area contributed by atoms with Crippen molar-refractivity contribution in [2.45, 2.75) is 60.3 Å². The number of benzene rings is 1. The third-order valence-corrected chi connectivity index (χ3v) is 6.41. The van der Waals surface area contributed by atoms with Gasteiger partial charge in [-0.15, -0.1) is 11.3 Å². The summed E-state index contributed by atoms with van der Waals surface area (Å²) in [4.78, 5) is 3.05. The van der Waals surface area contributed by atoms with Crippen LogP contribution in [0.4, 0.5) is 0 Å². The van der Waals surface area contributed by atoms with E-state index in [9.17, 15) is 0 Å². The van der Waals surface area contributed by atoms with Crippen molar-refractivity contribution >= 4 is 16.9 Å². The molecule has 0 spiro atoms. The van der Waals surface area contributed by atoms with Gasteiger partial charge in [-0.3, -0.25) is 0 Å². The molecule has 1 aliphatic carbocycles. The number of hydrogen-bond donors (Lipinski definition) is 0. The first-order chi connectivity index (χ1) is 10.8. The average molecular weight is 325 g/mol. The zero-order valence-corrected chi connectivity index (χ0v) is 16.0. The third kappa shape index (κ3) is 3.04. The first-order valence-electron chi connectivity index (χ1n) is 8.72. The summed E-state index contributed by atoms with van der Waals surface area (Å²) in [6.45, 7) is 15.7. The quantitative estimate of drug-likeness (QED) is 0.580. The second-order valence-electron chi connectivity index (χ2n) is 7.84. The van der Waals surface area contributed by atoms with Crippen molar-refractivity contribution in [3.05, 3.63) is 51.9 Å². The Morgan fingerprint density at radius 1 is 1.30 bits per heavy atom. The van der Waals surface area contributed by atoms with Gasteiger partial charge in [0.25, 0.3) is 0 Å². The second kappa shape index (κ2) is 5.94. The molecular weight excluding hydrogens is 296 g/mol. The standard InChI is InChI=1S/C22H28S/c1-7-16-12-15(4)8-9-17(16)21-20(14(2)3)18-13-22(5,6)11-10-19(18)23-21/h8-9,12H,2,7,10-11,13H2,1,3-6H3. The zero-order chi connectivity index (χ0) is 16.8. The highest BCUT2D eigenvalue weighted by atomic mass is 32.1. The van der Waals surface area contributed by atoms with Crippen molar-refractivity contribution in [1.29, 1.82) is 0 Å². The largest absolute Gasteiger partial charge is 0.139 e. The molecule has 3 rings (SSSR count). The first-order valence-corrected chi connectivity index (χ1v) is 9.54. The van der Waals surface area contributed by atoms with Gasteiger partial charge in [-0.1, -0.05) is 51.1 Å². The Balaban J connectivity index is 2.22. The second-order valence-corrected chi connectivity index (χ2v) is 8.95. The van der Waals surface area contributed by atoms with Crippen LogP contribution < -0.4 is 0 Å². The number of hydrogen-bond acceptors (Lipinski definition) is 1. The lowest BCUT2D eigenvalue weighted by atomic mass is 9.75. The first kappa shape index (κ1) is 16.5. The minimum absolute atomic E-state index is 0.413. The normalized spacial score (nSPS) is 16.2. The SMILES string of the molecule is C=C(C)c1c(-c2ccc(C)cc2CC)sc2c1CC(C)(C)CC2. The topological polar surface area (TPSA) is 0 Å². The molecule has 1 heterocycles. The summed E-state index contributed by atoms with van der Waals surface area (Å²) in [5, 5.41) is 0. The summed E-state index contributed by atoms with van der Waals surface area (Å²) in [5.74, 6) is 0. The van der Waals surface area contributed by atoms with E-state index >= 15 is 0 Å². The molecule has 0 unspecified atom stereocenters. The van der Waals surface area contributed by atoms with Crippen LogP contribution in [0.25, 0.3) is 16.0 Å². The lowest BCUT2D eigenvalue weighted by Gasteiger charge is -2.30. The molecule has 0 aliphatic heterocycles. The molecule has 0 amide bonds. The maximum atomic E-state index is 4.32. The van der Waals surface area contributed by atoms with Gasteiger partial charge in [-0.2, -0.15) is 0 Å². The van der Waals surface area contributed by atoms with E-state index in [1.165, 1.54) is 52.0 Å². The Hall–Kier alpha value is -1.34. The molecule has 0 N–H and O–H groups in total. The van der Waals surface area contributed by atoms with Crippen LogP contribution in [0.1, 0.15) is 61.2 Å². The third-order valence-electron chi connectivity index (χ3n) is 5.09. The van der Waals surface area contributed by atoms with Crippen LogP contribution >= 0.6 is 11.3 Å². The van der Waals surface area contributed by atoms with Gasteiger partial charge in [0.2, 0.25) is 0 Å². The lowest BCUT2D eigenvalue weighted by Crippen LogP contribution is -2.21. The molecule has 0 saturated carbocycles. The fraction of sp³-hybridized carbons (Fsp3) is 0.455. The van der Waals surface area contributed by atoms with Gasteiger partial charge in [0.05, 0.1) is 0 Å². The van der Waals surface area contributed by atoms with E-state index in [-0.39, 0.29) is 0 Å². The Bertz CT molecular complexity index is 759. The Kier molecular flexibility index (Phi) is 4.27. The van der Waals surface area contributed by atoms with Gasteiger partial charge in [0, 0.05) is 9.75 Å². The van der Waals surface area contributed by atoms with Crippen molar-refractivity contribution in [2.75, 3.05) is 0 Å². The average Bonchev–Trinajstić information content (AvgIpc) is 2.84. The highest BCUT2D eigenvalue weighted by Crippen LogP contribution is 2.47. The van der Waals surface area contributed by atoms with E-state index in [0.29, 0.717) is 5.41 Å². The van der Waals surface area contributed by atoms with Crippen molar-refractivity contribution in [3.63, 3.8) is 0 Å². The molecule has 2 aromatic rings. The molecule has 0 saturated heterocycles. The number of thiophene rings is 1. The minimum Gasteiger partial charge on any atom is -0.139 e. The number of aryl methyl sites for hydroxylation is 3. The smallest absolute Gasteiger partial charge is 0.0426 e. The molecule has 0 fully saturated rings. The Labute approximate surface area is 145 Å².